The molecule has 0 spiro atoms. The Balaban J connectivity index is 0.000000449. The molecule has 4 rings (SSSR count). The summed E-state index contributed by atoms with van der Waals surface area (Å²) in [6.45, 7) is 12.1. The van der Waals surface area contributed by atoms with Gasteiger partial charge in [0.05, 0.1) is 5.69 Å². The molecule has 0 radical (unpaired) electrons. The number of phenolic OH excluding ortho intramolecular Hbond substituents is 1. The second kappa shape index (κ2) is 15.9. The van der Waals surface area contributed by atoms with Crippen LogP contribution >= 0.6 is 0 Å². The van der Waals surface area contributed by atoms with E-state index in [1.54, 1.807) is 6.07 Å². The number of hydrogen-bond acceptors (Lipinski definition) is 2. The van der Waals surface area contributed by atoms with Crippen molar-refractivity contribution in [2.75, 3.05) is 45.2 Å². The third kappa shape index (κ3) is 7.53. The van der Waals surface area contributed by atoms with Crippen LogP contribution in [0.25, 0.3) is 21.8 Å². The Kier molecular flexibility index (Phi) is 14.0. The molecule has 0 aromatic heterocycles. The van der Waals surface area contributed by atoms with Crippen molar-refractivity contribution in [3.63, 3.8) is 0 Å². The van der Waals surface area contributed by atoms with Crippen LogP contribution in [0.15, 0.2) is 66.7 Å². The fourth-order valence-electron chi connectivity index (χ4n) is 4.21. The molecule has 34 heavy (non-hydrogen) atoms. The van der Waals surface area contributed by atoms with Gasteiger partial charge in [-0.15, -0.1) is 0 Å². The first kappa shape index (κ1) is 30.1. The number of para-hydroxylation sites is 1. The minimum Gasteiger partial charge on any atom is -0.663 e. The number of fused-ring (bicyclic) bond motifs is 3. The number of phenols is 1. The second-order valence-corrected chi connectivity index (χ2v) is 7.93. The van der Waals surface area contributed by atoms with E-state index in [0.29, 0.717) is 5.75 Å². The van der Waals surface area contributed by atoms with Gasteiger partial charge in [0.25, 0.3) is 0 Å². The van der Waals surface area contributed by atoms with Crippen LogP contribution in [0.1, 0.15) is 50.3 Å². The first-order valence-electron chi connectivity index (χ1n) is 11.9. The zero-order valence-corrected chi connectivity index (χ0v) is 24.0. The molecule has 1 N–H and O–H groups in total. The summed E-state index contributed by atoms with van der Waals surface area (Å²) in [6, 6.07) is 22.9. The van der Waals surface area contributed by atoms with Crippen LogP contribution in [0.2, 0.25) is 0 Å². The Hall–Kier alpha value is -1.94. The first-order valence-corrected chi connectivity index (χ1v) is 11.9. The van der Waals surface area contributed by atoms with Gasteiger partial charge in [-0.3, -0.25) is 0 Å². The maximum atomic E-state index is 10.4. The van der Waals surface area contributed by atoms with E-state index >= 15 is 0 Å². The summed E-state index contributed by atoms with van der Waals surface area (Å²) < 4.78 is 0. The van der Waals surface area contributed by atoms with Crippen molar-refractivity contribution in [2.45, 2.75) is 33.6 Å². The standard InChI is InChI=1S/C21H19NO.2C4H10N.Zr/c1-22(2)21-18(12-7-13-19(21)23)20-16-10-5-3-8-14(16)15-9-4-6-11-17(15)20;2*1-3-5-4-2;/h3-13,20,23H,1-2H3;2*3-4H2,1-2H3;/q;2*-1;+2. The Bertz CT molecular complexity index is 935. The van der Waals surface area contributed by atoms with Crippen LogP contribution in [0.5, 0.6) is 5.75 Å². The van der Waals surface area contributed by atoms with Gasteiger partial charge in [0.15, 0.2) is 0 Å². The molecule has 3 aromatic rings. The fourth-order valence-corrected chi connectivity index (χ4v) is 4.21. The van der Waals surface area contributed by atoms with Gasteiger partial charge in [0.2, 0.25) is 0 Å². The third-order valence-corrected chi connectivity index (χ3v) is 5.53. The van der Waals surface area contributed by atoms with E-state index in [-0.39, 0.29) is 32.1 Å². The number of benzene rings is 3. The van der Waals surface area contributed by atoms with Gasteiger partial charge in [-0.2, -0.15) is 26.2 Å². The predicted molar refractivity (Wildman–Crippen MR) is 144 cm³/mol. The van der Waals surface area contributed by atoms with Crippen LogP contribution in [0, 0.1) is 0 Å². The minimum absolute atomic E-state index is 0. The zero-order valence-electron chi connectivity index (χ0n) is 21.5. The van der Waals surface area contributed by atoms with Crippen LogP contribution in [-0.4, -0.2) is 45.4 Å². The fraction of sp³-hybridized carbons (Fsp3) is 0.379. The molecular formula is C29H39N3OZr. The van der Waals surface area contributed by atoms with Gasteiger partial charge in [-0.25, -0.2) is 0 Å². The monoisotopic (exact) mass is 535 g/mol. The van der Waals surface area contributed by atoms with Crippen molar-refractivity contribution < 1.29 is 31.3 Å². The van der Waals surface area contributed by atoms with Crippen LogP contribution in [0.4, 0.5) is 5.69 Å². The summed E-state index contributed by atoms with van der Waals surface area (Å²) >= 11 is 0. The molecule has 0 heterocycles. The zero-order chi connectivity index (χ0) is 24.2. The minimum atomic E-state index is 0. The average Bonchev–Trinajstić information content (AvgIpc) is 3.15. The van der Waals surface area contributed by atoms with Gasteiger partial charge < -0.3 is 20.6 Å². The van der Waals surface area contributed by atoms with E-state index in [9.17, 15) is 5.11 Å². The van der Waals surface area contributed by atoms with Gasteiger partial charge in [0.1, 0.15) is 5.75 Å². The Morgan fingerprint density at radius 2 is 1.06 bits per heavy atom. The van der Waals surface area contributed by atoms with Crippen molar-refractivity contribution in [3.8, 4) is 16.9 Å². The molecule has 1 aliphatic rings. The molecule has 0 amide bonds. The molecule has 0 atom stereocenters. The van der Waals surface area contributed by atoms with Crippen molar-refractivity contribution in [2.24, 2.45) is 0 Å². The topological polar surface area (TPSA) is 51.7 Å². The Morgan fingerprint density at radius 3 is 1.44 bits per heavy atom. The molecule has 0 saturated carbocycles. The van der Waals surface area contributed by atoms with Crippen LogP contribution in [-0.2, 0) is 26.2 Å². The van der Waals surface area contributed by atoms with Gasteiger partial charge in [-0.05, 0) is 33.9 Å². The Morgan fingerprint density at radius 1 is 0.647 bits per heavy atom. The van der Waals surface area contributed by atoms with Crippen LogP contribution < -0.4 is 4.90 Å². The molecule has 0 fully saturated rings. The summed E-state index contributed by atoms with van der Waals surface area (Å²) in [6.07, 6.45) is 0. The number of rotatable bonds is 6. The molecule has 5 heteroatoms. The van der Waals surface area contributed by atoms with E-state index in [1.807, 2.05) is 52.8 Å². The van der Waals surface area contributed by atoms with E-state index in [2.05, 4.69) is 65.2 Å². The molecule has 3 aromatic carbocycles. The number of aromatic hydroxyl groups is 1. The van der Waals surface area contributed by atoms with E-state index in [1.165, 1.54) is 22.3 Å². The van der Waals surface area contributed by atoms with Crippen LogP contribution in [0.3, 0.4) is 0 Å². The molecule has 0 bridgehead atoms. The molecule has 0 aliphatic heterocycles. The number of hydrogen-bond donors (Lipinski definition) is 1. The Labute approximate surface area is 225 Å². The first-order chi connectivity index (χ1) is 16.0. The number of nitrogens with zero attached hydrogens (tertiary/aromatic N) is 3. The quantitative estimate of drug-likeness (QED) is 0.279. The van der Waals surface area contributed by atoms with Crippen molar-refractivity contribution in [1.29, 1.82) is 0 Å². The predicted octanol–water partition coefficient (Wildman–Crippen LogP) is 7.42. The van der Waals surface area contributed by atoms with Gasteiger partial charge in [0, 0.05) is 20.0 Å². The molecule has 0 saturated heterocycles. The summed E-state index contributed by atoms with van der Waals surface area (Å²) in [5, 5.41) is 18.3. The summed E-state index contributed by atoms with van der Waals surface area (Å²) in [5.41, 5.74) is 7.24. The summed E-state index contributed by atoms with van der Waals surface area (Å²) in [5.74, 6) is 0.487. The SMILES string of the molecule is CC[N-]CC.CC[N-]CC.CN(C)c1c(O)cccc1C1c2ccccc2-c2ccccc21.[Zr+2]. The molecule has 180 valence electrons. The smallest absolute Gasteiger partial charge is 0.663 e. The van der Waals surface area contributed by atoms with Gasteiger partial charge in [-0.1, -0.05) is 88.4 Å². The normalized spacial score (nSPS) is 11.1. The number of anilines is 1. The largest absolute Gasteiger partial charge is 2.00 e. The van der Waals surface area contributed by atoms with E-state index in [4.69, 9.17) is 0 Å². The maximum Gasteiger partial charge on any atom is 2.00 e. The molecule has 0 unspecified atom stereocenters. The maximum absolute atomic E-state index is 10.4. The summed E-state index contributed by atoms with van der Waals surface area (Å²) in [7, 11) is 3.95. The van der Waals surface area contributed by atoms with Crippen molar-refractivity contribution >= 4 is 5.69 Å². The molecule has 1 aliphatic carbocycles. The van der Waals surface area contributed by atoms with Crippen molar-refractivity contribution in [1.82, 2.24) is 0 Å². The third-order valence-electron chi connectivity index (χ3n) is 5.53. The second-order valence-electron chi connectivity index (χ2n) is 7.93. The molecular weight excluding hydrogens is 498 g/mol. The summed E-state index contributed by atoms with van der Waals surface area (Å²) in [4.78, 5) is 1.99. The molecule has 4 nitrogen and oxygen atoms in total. The van der Waals surface area contributed by atoms with Crippen molar-refractivity contribution in [3.05, 3.63) is 94.1 Å². The van der Waals surface area contributed by atoms with E-state index < -0.39 is 0 Å². The van der Waals surface area contributed by atoms with E-state index in [0.717, 1.165) is 37.4 Å². The average molecular weight is 537 g/mol. The van der Waals surface area contributed by atoms with Gasteiger partial charge >= 0.3 is 26.2 Å².